The second-order valence-electron chi connectivity index (χ2n) is 7.89. The summed E-state index contributed by atoms with van der Waals surface area (Å²) in [6.07, 6.45) is 25.8. The van der Waals surface area contributed by atoms with Crippen LogP contribution in [0.1, 0.15) is 90.4 Å². The third kappa shape index (κ3) is 20.7. The average Bonchev–Trinajstić information content (AvgIpc) is 2.74. The molecule has 182 valence electrons. The molecule has 0 bridgehead atoms. The first kappa shape index (κ1) is 29.4. The molecule has 6 N–H and O–H groups in total. The Morgan fingerprint density at radius 2 is 1.44 bits per heavy atom. The fourth-order valence-corrected chi connectivity index (χ4v) is 3.04. The summed E-state index contributed by atoms with van der Waals surface area (Å²) in [5.41, 5.74) is 10.4. The number of hydrogen-bond acceptors (Lipinski definition) is 3. The summed E-state index contributed by atoms with van der Waals surface area (Å²) < 4.78 is 0. The van der Waals surface area contributed by atoms with Crippen molar-refractivity contribution < 1.29 is 14.7 Å². The van der Waals surface area contributed by atoms with Crippen molar-refractivity contribution in [2.24, 2.45) is 16.5 Å². The topological polar surface area (TPSA) is 131 Å². The Balaban J connectivity index is 3.69. The smallest absolute Gasteiger partial charge is 0.326 e. The molecule has 0 fully saturated rings. The molecule has 1 amide bonds. The van der Waals surface area contributed by atoms with Crippen LogP contribution in [0, 0.1) is 0 Å². The van der Waals surface area contributed by atoms with E-state index in [-0.39, 0.29) is 24.8 Å². The number of carbonyl (C=O) groups excluding carboxylic acids is 1. The molecular formula is C25H44N4O3. The predicted octanol–water partition coefficient (Wildman–Crippen LogP) is 4.59. The molecular weight excluding hydrogens is 404 g/mol. The van der Waals surface area contributed by atoms with Gasteiger partial charge in [-0.1, -0.05) is 69.1 Å². The zero-order valence-corrected chi connectivity index (χ0v) is 19.8. The molecule has 0 spiro atoms. The number of carboxylic acids is 1. The van der Waals surface area contributed by atoms with E-state index in [9.17, 15) is 9.59 Å². The zero-order valence-electron chi connectivity index (χ0n) is 19.8. The van der Waals surface area contributed by atoms with E-state index in [0.29, 0.717) is 6.42 Å². The second kappa shape index (κ2) is 21.7. The number of unbranched alkanes of at least 4 members (excludes halogenated alkanes) is 7. The van der Waals surface area contributed by atoms with Gasteiger partial charge in [0.25, 0.3) is 0 Å². The van der Waals surface area contributed by atoms with Crippen molar-refractivity contribution in [2.75, 3.05) is 6.54 Å². The molecule has 7 heteroatoms. The van der Waals surface area contributed by atoms with Gasteiger partial charge >= 0.3 is 5.97 Å². The van der Waals surface area contributed by atoms with E-state index in [4.69, 9.17) is 16.6 Å². The maximum Gasteiger partial charge on any atom is 0.326 e. The Morgan fingerprint density at radius 1 is 0.875 bits per heavy atom. The lowest BCUT2D eigenvalue weighted by atomic mass is 10.1. The van der Waals surface area contributed by atoms with Gasteiger partial charge in [0, 0.05) is 13.0 Å². The van der Waals surface area contributed by atoms with Crippen molar-refractivity contribution >= 4 is 17.8 Å². The molecule has 0 unspecified atom stereocenters. The van der Waals surface area contributed by atoms with E-state index < -0.39 is 12.0 Å². The van der Waals surface area contributed by atoms with Crippen LogP contribution in [0.4, 0.5) is 0 Å². The van der Waals surface area contributed by atoms with Gasteiger partial charge in [0.05, 0.1) is 0 Å². The number of nitrogens with zero attached hydrogens (tertiary/aromatic N) is 1. The van der Waals surface area contributed by atoms with E-state index in [1.807, 2.05) is 0 Å². The molecule has 0 radical (unpaired) electrons. The number of aliphatic carboxylic acids is 1. The van der Waals surface area contributed by atoms with E-state index in [1.54, 1.807) is 0 Å². The van der Waals surface area contributed by atoms with Gasteiger partial charge in [-0.3, -0.25) is 9.79 Å². The van der Waals surface area contributed by atoms with Crippen LogP contribution in [-0.2, 0) is 9.59 Å². The number of carboxylic acid groups (broad SMARTS) is 1. The van der Waals surface area contributed by atoms with Crippen molar-refractivity contribution in [3.05, 3.63) is 36.5 Å². The van der Waals surface area contributed by atoms with Gasteiger partial charge in [0.2, 0.25) is 5.91 Å². The average molecular weight is 449 g/mol. The Morgan fingerprint density at radius 3 is 2.00 bits per heavy atom. The summed E-state index contributed by atoms with van der Waals surface area (Å²) in [4.78, 5) is 26.9. The maximum absolute atomic E-state index is 11.9. The highest BCUT2D eigenvalue weighted by atomic mass is 16.4. The molecule has 0 aromatic heterocycles. The van der Waals surface area contributed by atoms with Gasteiger partial charge < -0.3 is 21.9 Å². The molecule has 0 saturated heterocycles. The van der Waals surface area contributed by atoms with E-state index >= 15 is 0 Å². The van der Waals surface area contributed by atoms with Crippen molar-refractivity contribution in [2.45, 2.75) is 96.4 Å². The van der Waals surface area contributed by atoms with Crippen LogP contribution >= 0.6 is 0 Å². The van der Waals surface area contributed by atoms with Crippen LogP contribution < -0.4 is 16.8 Å². The number of amides is 1. The predicted molar refractivity (Wildman–Crippen MR) is 133 cm³/mol. The van der Waals surface area contributed by atoms with Crippen LogP contribution in [0.2, 0.25) is 0 Å². The van der Waals surface area contributed by atoms with Crippen molar-refractivity contribution in [3.8, 4) is 0 Å². The molecule has 0 heterocycles. The first-order valence-electron chi connectivity index (χ1n) is 12.0. The lowest BCUT2D eigenvalue weighted by Gasteiger charge is -2.13. The summed E-state index contributed by atoms with van der Waals surface area (Å²) in [5.74, 6) is -1.41. The molecule has 0 rings (SSSR count). The van der Waals surface area contributed by atoms with Crippen molar-refractivity contribution in [3.63, 3.8) is 0 Å². The van der Waals surface area contributed by atoms with Gasteiger partial charge in [-0.05, 0) is 51.4 Å². The Kier molecular flexibility index (Phi) is 19.9. The summed E-state index contributed by atoms with van der Waals surface area (Å²) in [6, 6.07) is -0.966. The molecule has 0 aliphatic rings. The van der Waals surface area contributed by atoms with E-state index in [1.165, 1.54) is 25.7 Å². The highest BCUT2D eigenvalue weighted by Crippen LogP contribution is 2.07. The van der Waals surface area contributed by atoms with E-state index in [2.05, 4.69) is 53.7 Å². The molecule has 1 atom stereocenters. The summed E-state index contributed by atoms with van der Waals surface area (Å²) in [5, 5.41) is 11.7. The number of allylic oxidation sites excluding steroid dienone is 6. The number of carbonyl (C=O) groups is 2. The fraction of sp³-hybridized carbons (Fsp3) is 0.640. The molecule has 0 aromatic carbocycles. The third-order valence-electron chi connectivity index (χ3n) is 4.89. The summed E-state index contributed by atoms with van der Waals surface area (Å²) in [6.45, 7) is 2.39. The minimum Gasteiger partial charge on any atom is -0.480 e. The van der Waals surface area contributed by atoms with Crippen LogP contribution in [-0.4, -0.2) is 35.5 Å². The highest BCUT2D eigenvalue weighted by molar-refractivity contribution is 5.83. The van der Waals surface area contributed by atoms with E-state index in [0.717, 1.165) is 44.9 Å². The standard InChI is InChI=1S/C25H44N4O3/c1-2-3-4-5-6-7-8-9-10-11-12-13-14-15-16-17-18-19-23(30)29-22(24(31)32)20-21-28-25(26)27/h6-7,9-10,12-13,22H,2-5,8,11,14-21H2,1H3,(H,29,30)(H,31,32)(H4,26,27,28)/b7-6-,10-9-,13-12-/t22-/m0/s1. The number of rotatable bonds is 20. The van der Waals surface area contributed by atoms with Gasteiger partial charge in [-0.2, -0.15) is 0 Å². The lowest BCUT2D eigenvalue weighted by molar-refractivity contribution is -0.142. The van der Waals surface area contributed by atoms with Crippen LogP contribution in [0.15, 0.2) is 41.4 Å². The Labute approximate surface area is 194 Å². The highest BCUT2D eigenvalue weighted by Gasteiger charge is 2.19. The Hall–Kier alpha value is -2.57. The van der Waals surface area contributed by atoms with Crippen molar-refractivity contribution in [1.29, 1.82) is 0 Å². The van der Waals surface area contributed by atoms with Gasteiger partial charge in [-0.15, -0.1) is 0 Å². The molecule has 32 heavy (non-hydrogen) atoms. The Bertz CT molecular complexity index is 608. The minimum absolute atomic E-state index is 0.0901. The number of nitrogens with two attached hydrogens (primary N) is 2. The quantitative estimate of drug-likeness (QED) is 0.0936. The fourth-order valence-electron chi connectivity index (χ4n) is 3.04. The molecule has 0 saturated carbocycles. The van der Waals surface area contributed by atoms with Gasteiger partial charge in [0.1, 0.15) is 6.04 Å². The number of aliphatic imine (C=N–C) groups is 1. The van der Waals surface area contributed by atoms with Gasteiger partial charge in [0.15, 0.2) is 5.96 Å². The van der Waals surface area contributed by atoms with Gasteiger partial charge in [-0.25, -0.2) is 4.79 Å². The SMILES string of the molecule is CCCCC/C=C\C/C=C\C/C=C\CCCCCCC(=O)N[C@@H](CCN=C(N)N)C(=O)O. The molecule has 7 nitrogen and oxygen atoms in total. The van der Waals surface area contributed by atoms with Crippen molar-refractivity contribution in [1.82, 2.24) is 5.32 Å². The second-order valence-corrected chi connectivity index (χ2v) is 7.89. The third-order valence-corrected chi connectivity index (χ3v) is 4.89. The zero-order chi connectivity index (χ0) is 23.9. The normalized spacial score (nSPS) is 12.5. The molecule has 0 aromatic rings. The number of hydrogen-bond donors (Lipinski definition) is 4. The number of nitrogens with one attached hydrogen (secondary N) is 1. The lowest BCUT2D eigenvalue weighted by Crippen LogP contribution is -2.41. The van der Waals surface area contributed by atoms with Crippen LogP contribution in [0.5, 0.6) is 0 Å². The largest absolute Gasteiger partial charge is 0.480 e. The van der Waals surface area contributed by atoms with Crippen LogP contribution in [0.25, 0.3) is 0 Å². The minimum atomic E-state index is -1.08. The first-order valence-corrected chi connectivity index (χ1v) is 12.0. The summed E-state index contributed by atoms with van der Waals surface area (Å²) >= 11 is 0. The maximum atomic E-state index is 11.9. The first-order chi connectivity index (χ1) is 15.5. The molecule has 0 aliphatic carbocycles. The number of guanidine groups is 1. The monoisotopic (exact) mass is 448 g/mol. The summed E-state index contributed by atoms with van der Waals surface area (Å²) in [7, 11) is 0. The van der Waals surface area contributed by atoms with Crippen LogP contribution in [0.3, 0.4) is 0 Å². The molecule has 0 aliphatic heterocycles.